The highest BCUT2D eigenvalue weighted by Gasteiger charge is 2.29. The summed E-state index contributed by atoms with van der Waals surface area (Å²) in [5.41, 5.74) is 2.06. The molecule has 1 aromatic heterocycles. The molecular formula is C26H32N6O3S. The van der Waals surface area contributed by atoms with Crippen molar-refractivity contribution in [1.29, 1.82) is 0 Å². The highest BCUT2D eigenvalue weighted by atomic mass is 32.2. The van der Waals surface area contributed by atoms with Gasteiger partial charge in [0, 0.05) is 58.9 Å². The zero-order valence-electron chi connectivity index (χ0n) is 20.3. The number of benzene rings is 2. The van der Waals surface area contributed by atoms with Crippen LogP contribution in [0.5, 0.6) is 0 Å². The maximum Gasteiger partial charge on any atom is 0.243 e. The Hall–Kier alpha value is -3.05. The molecule has 3 heterocycles. The molecule has 2 aliphatic heterocycles. The first-order valence-electron chi connectivity index (χ1n) is 12.4. The first kappa shape index (κ1) is 24.6. The zero-order chi connectivity index (χ0) is 25.0. The van der Waals surface area contributed by atoms with Crippen LogP contribution in [0.25, 0.3) is 11.1 Å². The normalized spacial score (nSPS) is 17.9. The average Bonchev–Trinajstić information content (AvgIpc) is 2.94. The third-order valence-electron chi connectivity index (χ3n) is 6.91. The predicted octanol–water partition coefficient (Wildman–Crippen LogP) is 1.77. The molecule has 0 radical (unpaired) electrons. The van der Waals surface area contributed by atoms with Crippen LogP contribution in [0.1, 0.15) is 0 Å². The molecule has 0 atom stereocenters. The minimum Gasteiger partial charge on any atom is -0.395 e. The van der Waals surface area contributed by atoms with Crippen LogP contribution in [0.3, 0.4) is 0 Å². The molecule has 0 unspecified atom stereocenters. The molecule has 0 spiro atoms. The fourth-order valence-corrected chi connectivity index (χ4v) is 6.18. The van der Waals surface area contributed by atoms with Gasteiger partial charge in [-0.05, 0) is 35.4 Å². The van der Waals surface area contributed by atoms with Crippen molar-refractivity contribution < 1.29 is 13.5 Å². The molecule has 5 rings (SSSR count). The maximum atomic E-state index is 13.2. The standard InChI is InChI=1S/C26H32N6O3S/c33-21-20-29-12-14-30(15-13-29)25-10-11-26(28-27-25)31-16-18-32(19-17-31)36(34,35)24-8-6-23(7-9-24)22-4-2-1-3-5-22/h1-11,33H,12-21H2. The van der Waals surface area contributed by atoms with Gasteiger partial charge in [0.05, 0.1) is 11.5 Å². The van der Waals surface area contributed by atoms with Gasteiger partial charge in [0.1, 0.15) is 0 Å². The van der Waals surface area contributed by atoms with E-state index in [9.17, 15) is 8.42 Å². The summed E-state index contributed by atoms with van der Waals surface area (Å²) in [5.74, 6) is 1.62. The van der Waals surface area contributed by atoms with E-state index in [1.807, 2.05) is 54.6 Å². The minimum atomic E-state index is -3.55. The highest BCUT2D eigenvalue weighted by Crippen LogP contribution is 2.24. The number of piperazine rings is 2. The van der Waals surface area contributed by atoms with Gasteiger partial charge < -0.3 is 14.9 Å². The van der Waals surface area contributed by atoms with Gasteiger partial charge in [0.2, 0.25) is 10.0 Å². The number of hydrogen-bond donors (Lipinski definition) is 1. The van der Waals surface area contributed by atoms with E-state index < -0.39 is 10.0 Å². The molecule has 2 aliphatic rings. The fraction of sp³-hybridized carbons (Fsp3) is 0.385. The van der Waals surface area contributed by atoms with Gasteiger partial charge in [-0.25, -0.2) is 8.42 Å². The lowest BCUT2D eigenvalue weighted by molar-refractivity contribution is 0.188. The second-order valence-electron chi connectivity index (χ2n) is 9.08. The lowest BCUT2D eigenvalue weighted by Gasteiger charge is -2.36. The van der Waals surface area contributed by atoms with Crippen molar-refractivity contribution in [2.24, 2.45) is 0 Å². The number of sulfonamides is 1. The summed E-state index contributed by atoms with van der Waals surface area (Å²) in [4.78, 5) is 6.85. The molecule has 2 fully saturated rings. The summed E-state index contributed by atoms with van der Waals surface area (Å²) < 4.78 is 28.0. The number of aliphatic hydroxyl groups is 1. The summed E-state index contributed by atoms with van der Waals surface area (Å²) in [6.07, 6.45) is 0. The molecule has 0 bridgehead atoms. The molecule has 0 amide bonds. The smallest absolute Gasteiger partial charge is 0.243 e. The predicted molar refractivity (Wildman–Crippen MR) is 141 cm³/mol. The molecule has 2 saturated heterocycles. The zero-order valence-corrected chi connectivity index (χ0v) is 21.1. The Bertz CT molecular complexity index is 1220. The number of anilines is 2. The number of β-amino-alcohol motifs (C(OH)–C–C–N with tert-alkyl or cyclic N) is 1. The van der Waals surface area contributed by atoms with Gasteiger partial charge in [-0.15, -0.1) is 10.2 Å². The number of aliphatic hydroxyl groups excluding tert-OH is 1. The lowest BCUT2D eigenvalue weighted by Crippen LogP contribution is -2.49. The summed E-state index contributed by atoms with van der Waals surface area (Å²) >= 11 is 0. The molecule has 3 aromatic rings. The van der Waals surface area contributed by atoms with Crippen molar-refractivity contribution in [3.63, 3.8) is 0 Å². The lowest BCUT2D eigenvalue weighted by atomic mass is 10.1. The fourth-order valence-electron chi connectivity index (χ4n) is 4.75. The average molecular weight is 509 g/mol. The van der Waals surface area contributed by atoms with E-state index in [1.54, 1.807) is 16.4 Å². The van der Waals surface area contributed by atoms with E-state index in [-0.39, 0.29) is 6.61 Å². The summed E-state index contributed by atoms with van der Waals surface area (Å²) in [6.45, 7) is 6.34. The van der Waals surface area contributed by atoms with Gasteiger partial charge >= 0.3 is 0 Å². The molecule has 10 heteroatoms. The third kappa shape index (κ3) is 5.36. The largest absolute Gasteiger partial charge is 0.395 e. The minimum absolute atomic E-state index is 0.184. The third-order valence-corrected chi connectivity index (χ3v) is 8.82. The van der Waals surface area contributed by atoms with Crippen molar-refractivity contribution in [3.8, 4) is 11.1 Å². The SMILES string of the molecule is O=S(=O)(c1ccc(-c2ccccc2)cc1)N1CCN(c2ccc(N3CCN(CCO)CC3)nn2)CC1. The van der Waals surface area contributed by atoms with Crippen LogP contribution >= 0.6 is 0 Å². The molecular weight excluding hydrogens is 476 g/mol. The van der Waals surface area contributed by atoms with E-state index in [4.69, 9.17) is 5.11 Å². The first-order chi connectivity index (χ1) is 17.5. The van der Waals surface area contributed by atoms with E-state index in [2.05, 4.69) is 24.9 Å². The van der Waals surface area contributed by atoms with Crippen LogP contribution in [0.15, 0.2) is 71.6 Å². The maximum absolute atomic E-state index is 13.2. The van der Waals surface area contributed by atoms with Crippen molar-refractivity contribution in [3.05, 3.63) is 66.7 Å². The van der Waals surface area contributed by atoms with Crippen molar-refractivity contribution >= 4 is 21.7 Å². The summed E-state index contributed by atoms with van der Waals surface area (Å²) in [7, 11) is -3.55. The summed E-state index contributed by atoms with van der Waals surface area (Å²) in [5, 5.41) is 18.0. The van der Waals surface area contributed by atoms with Gasteiger partial charge in [-0.2, -0.15) is 4.31 Å². The van der Waals surface area contributed by atoms with Crippen LogP contribution in [0.2, 0.25) is 0 Å². The van der Waals surface area contributed by atoms with Gasteiger partial charge in [0.15, 0.2) is 11.6 Å². The monoisotopic (exact) mass is 508 g/mol. The summed E-state index contributed by atoms with van der Waals surface area (Å²) in [6, 6.07) is 21.0. The van der Waals surface area contributed by atoms with Crippen molar-refractivity contribution in [2.45, 2.75) is 4.90 Å². The van der Waals surface area contributed by atoms with Crippen molar-refractivity contribution in [1.82, 2.24) is 19.4 Å². The molecule has 1 N–H and O–H groups in total. The number of hydrogen-bond acceptors (Lipinski definition) is 8. The van der Waals surface area contributed by atoms with Gasteiger partial charge in [-0.1, -0.05) is 42.5 Å². The van der Waals surface area contributed by atoms with Gasteiger partial charge in [0.25, 0.3) is 0 Å². The highest BCUT2D eigenvalue weighted by molar-refractivity contribution is 7.89. The molecule has 0 aliphatic carbocycles. The second kappa shape index (κ2) is 10.9. The topological polar surface area (TPSA) is 93.1 Å². The van der Waals surface area contributed by atoms with Gasteiger partial charge in [-0.3, -0.25) is 4.90 Å². The Labute approximate surface area is 212 Å². The van der Waals surface area contributed by atoms with Crippen LogP contribution in [0, 0.1) is 0 Å². The van der Waals surface area contributed by atoms with Crippen LogP contribution < -0.4 is 9.80 Å². The quantitative estimate of drug-likeness (QED) is 0.516. The number of aromatic nitrogens is 2. The van der Waals surface area contributed by atoms with Crippen LogP contribution in [-0.4, -0.2) is 98.4 Å². The van der Waals surface area contributed by atoms with E-state index >= 15 is 0 Å². The van der Waals surface area contributed by atoms with Crippen molar-refractivity contribution in [2.75, 3.05) is 75.3 Å². The number of nitrogens with zero attached hydrogens (tertiary/aromatic N) is 6. The molecule has 190 valence electrons. The van der Waals surface area contributed by atoms with Crippen LogP contribution in [-0.2, 0) is 10.0 Å². The Kier molecular flexibility index (Phi) is 7.47. The molecule has 2 aromatic carbocycles. The van der Waals surface area contributed by atoms with Crippen LogP contribution in [0.4, 0.5) is 11.6 Å². The molecule has 0 saturated carbocycles. The first-order valence-corrected chi connectivity index (χ1v) is 13.8. The Balaban J connectivity index is 1.17. The Morgan fingerprint density at radius 2 is 1.19 bits per heavy atom. The Morgan fingerprint density at radius 3 is 1.72 bits per heavy atom. The van der Waals surface area contributed by atoms with E-state index in [0.717, 1.165) is 48.9 Å². The molecule has 9 nitrogen and oxygen atoms in total. The number of rotatable bonds is 7. The Morgan fingerprint density at radius 1 is 0.667 bits per heavy atom. The van der Waals surface area contributed by atoms with E-state index in [0.29, 0.717) is 37.6 Å². The van der Waals surface area contributed by atoms with E-state index in [1.165, 1.54) is 0 Å². The molecule has 36 heavy (non-hydrogen) atoms. The second-order valence-corrected chi connectivity index (χ2v) is 11.0.